The lowest BCUT2D eigenvalue weighted by Crippen LogP contribution is -2.14. The highest BCUT2D eigenvalue weighted by atomic mass is 35.5. The highest BCUT2D eigenvalue weighted by molar-refractivity contribution is 5.85. The van der Waals surface area contributed by atoms with Gasteiger partial charge in [0.15, 0.2) is 5.82 Å². The number of tetrazole rings is 1. The van der Waals surface area contributed by atoms with Crippen molar-refractivity contribution in [1.82, 2.24) is 20.6 Å². The van der Waals surface area contributed by atoms with Crippen LogP contribution in [0.4, 0.5) is 0 Å². The molecule has 5 nitrogen and oxygen atoms in total. The van der Waals surface area contributed by atoms with Crippen molar-refractivity contribution in [3.63, 3.8) is 0 Å². The third-order valence-corrected chi connectivity index (χ3v) is 1.42. The van der Waals surface area contributed by atoms with E-state index in [4.69, 9.17) is 5.73 Å². The molecule has 1 aromatic heterocycles. The largest absolute Gasteiger partial charge is 0.321 e. The molecule has 70 valence electrons. The summed E-state index contributed by atoms with van der Waals surface area (Å²) < 4.78 is 0. The Kier molecular flexibility index (Phi) is 4.77. The first-order chi connectivity index (χ1) is 5.20. The van der Waals surface area contributed by atoms with Gasteiger partial charge in [0.05, 0.1) is 6.04 Å². The second-order valence-corrected chi connectivity index (χ2v) is 3.01. The number of aromatic amines is 1. The normalized spacial score (nSPS) is 12.7. The van der Waals surface area contributed by atoms with Crippen LogP contribution < -0.4 is 5.73 Å². The van der Waals surface area contributed by atoms with Gasteiger partial charge in [-0.1, -0.05) is 19.1 Å². The van der Waals surface area contributed by atoms with Crippen molar-refractivity contribution in [3.8, 4) is 0 Å². The number of aromatic nitrogens is 4. The maximum Gasteiger partial charge on any atom is 0.191 e. The number of nitrogens with two attached hydrogens (primary N) is 1. The lowest BCUT2D eigenvalue weighted by atomic mass is 10.0. The molecule has 3 N–H and O–H groups in total. The first-order valence-corrected chi connectivity index (χ1v) is 3.69. The summed E-state index contributed by atoms with van der Waals surface area (Å²) in [6, 6.07) is -0.0891. The van der Waals surface area contributed by atoms with E-state index in [1.165, 1.54) is 0 Å². The van der Waals surface area contributed by atoms with Crippen LogP contribution in [0.1, 0.15) is 32.1 Å². The smallest absolute Gasteiger partial charge is 0.191 e. The maximum absolute atomic E-state index is 5.76. The number of nitrogens with zero attached hydrogens (tertiary/aromatic N) is 3. The van der Waals surface area contributed by atoms with E-state index in [0.29, 0.717) is 11.7 Å². The van der Waals surface area contributed by atoms with E-state index in [1.54, 1.807) is 0 Å². The Morgan fingerprint density at radius 3 is 2.58 bits per heavy atom. The zero-order valence-electron chi connectivity index (χ0n) is 7.19. The predicted octanol–water partition coefficient (Wildman–Crippen LogP) is 0.667. The van der Waals surface area contributed by atoms with Gasteiger partial charge in [0, 0.05) is 0 Å². The maximum atomic E-state index is 5.76. The summed E-state index contributed by atoms with van der Waals surface area (Å²) in [7, 11) is 0. The fourth-order valence-corrected chi connectivity index (χ4v) is 0.940. The molecule has 0 fully saturated rings. The second kappa shape index (κ2) is 5.05. The molecule has 1 aromatic rings. The minimum absolute atomic E-state index is 0. The third-order valence-electron chi connectivity index (χ3n) is 1.42. The van der Waals surface area contributed by atoms with Crippen LogP contribution in [0.2, 0.25) is 0 Å². The van der Waals surface area contributed by atoms with Crippen molar-refractivity contribution in [3.05, 3.63) is 5.82 Å². The molecule has 0 amide bonds. The van der Waals surface area contributed by atoms with Crippen molar-refractivity contribution in [2.24, 2.45) is 11.7 Å². The van der Waals surface area contributed by atoms with Crippen LogP contribution in [-0.2, 0) is 0 Å². The SMILES string of the molecule is CC(C)CC(N)c1nn[nH]n1.Cl. The standard InChI is InChI=1S/C6H13N5.ClH/c1-4(2)3-5(7)6-8-10-11-9-6;/h4-5H,3,7H2,1-2H3,(H,8,9,10,11);1H. The van der Waals surface area contributed by atoms with Gasteiger partial charge in [0.2, 0.25) is 0 Å². The van der Waals surface area contributed by atoms with E-state index in [2.05, 4.69) is 34.5 Å². The van der Waals surface area contributed by atoms with E-state index in [9.17, 15) is 0 Å². The fourth-order valence-electron chi connectivity index (χ4n) is 0.940. The molecule has 0 spiro atoms. The lowest BCUT2D eigenvalue weighted by Gasteiger charge is -2.08. The highest BCUT2D eigenvalue weighted by Gasteiger charge is 2.11. The predicted molar refractivity (Wildman–Crippen MR) is 47.8 cm³/mol. The number of hydrogen-bond donors (Lipinski definition) is 2. The quantitative estimate of drug-likeness (QED) is 0.736. The molecular weight excluding hydrogens is 178 g/mol. The average Bonchev–Trinajstić information content (AvgIpc) is 2.35. The van der Waals surface area contributed by atoms with Gasteiger partial charge in [0.25, 0.3) is 0 Å². The van der Waals surface area contributed by atoms with Gasteiger partial charge in [-0.05, 0) is 12.3 Å². The van der Waals surface area contributed by atoms with E-state index in [0.717, 1.165) is 6.42 Å². The lowest BCUT2D eigenvalue weighted by molar-refractivity contribution is 0.493. The molecular formula is C6H14ClN5. The molecule has 1 atom stereocenters. The minimum Gasteiger partial charge on any atom is -0.321 e. The molecule has 1 unspecified atom stereocenters. The van der Waals surface area contributed by atoms with Gasteiger partial charge in [-0.3, -0.25) is 0 Å². The van der Waals surface area contributed by atoms with Crippen LogP contribution in [-0.4, -0.2) is 20.6 Å². The minimum atomic E-state index is -0.0891. The molecule has 6 heteroatoms. The van der Waals surface area contributed by atoms with Crippen LogP contribution in [0, 0.1) is 5.92 Å². The van der Waals surface area contributed by atoms with Crippen molar-refractivity contribution >= 4 is 12.4 Å². The summed E-state index contributed by atoms with van der Waals surface area (Å²) in [5, 5.41) is 13.4. The van der Waals surface area contributed by atoms with Crippen molar-refractivity contribution < 1.29 is 0 Å². The summed E-state index contributed by atoms with van der Waals surface area (Å²) in [5.74, 6) is 1.15. The molecule has 0 saturated heterocycles. The molecule has 0 radical (unpaired) electrons. The van der Waals surface area contributed by atoms with E-state index in [1.807, 2.05) is 0 Å². The average molecular weight is 192 g/mol. The van der Waals surface area contributed by atoms with Crippen molar-refractivity contribution in [2.45, 2.75) is 26.3 Å². The van der Waals surface area contributed by atoms with E-state index < -0.39 is 0 Å². The summed E-state index contributed by atoms with van der Waals surface area (Å²) in [6.45, 7) is 4.22. The van der Waals surface area contributed by atoms with E-state index in [-0.39, 0.29) is 18.4 Å². The van der Waals surface area contributed by atoms with Crippen LogP contribution in [0.15, 0.2) is 0 Å². The van der Waals surface area contributed by atoms with Gasteiger partial charge in [0.1, 0.15) is 0 Å². The van der Waals surface area contributed by atoms with E-state index >= 15 is 0 Å². The molecule has 1 rings (SSSR count). The molecule has 0 aliphatic carbocycles. The summed E-state index contributed by atoms with van der Waals surface area (Å²) in [5.41, 5.74) is 5.76. The molecule has 0 aliphatic heterocycles. The number of rotatable bonds is 3. The number of nitrogens with one attached hydrogen (secondary N) is 1. The zero-order valence-corrected chi connectivity index (χ0v) is 8.01. The van der Waals surface area contributed by atoms with Crippen molar-refractivity contribution in [1.29, 1.82) is 0 Å². The monoisotopic (exact) mass is 191 g/mol. The first kappa shape index (κ1) is 11.3. The third kappa shape index (κ3) is 3.15. The Hall–Kier alpha value is -0.680. The second-order valence-electron chi connectivity index (χ2n) is 3.01. The van der Waals surface area contributed by atoms with Crippen LogP contribution in [0.5, 0.6) is 0 Å². The van der Waals surface area contributed by atoms with Gasteiger partial charge >= 0.3 is 0 Å². The zero-order chi connectivity index (χ0) is 8.27. The van der Waals surface area contributed by atoms with Gasteiger partial charge < -0.3 is 5.73 Å². The topological polar surface area (TPSA) is 80.5 Å². The van der Waals surface area contributed by atoms with Crippen LogP contribution in [0.25, 0.3) is 0 Å². The molecule has 1 heterocycles. The Bertz CT molecular complexity index is 198. The Morgan fingerprint density at radius 2 is 2.17 bits per heavy atom. The number of hydrogen-bond acceptors (Lipinski definition) is 4. The molecule has 0 saturated carbocycles. The van der Waals surface area contributed by atoms with Gasteiger partial charge in [-0.2, -0.15) is 5.21 Å². The molecule has 0 aliphatic rings. The Labute approximate surface area is 77.5 Å². The van der Waals surface area contributed by atoms with Crippen molar-refractivity contribution in [2.75, 3.05) is 0 Å². The summed E-state index contributed by atoms with van der Waals surface area (Å²) in [4.78, 5) is 0. The van der Waals surface area contributed by atoms with Gasteiger partial charge in [-0.15, -0.1) is 22.6 Å². The number of halogens is 1. The van der Waals surface area contributed by atoms with Crippen LogP contribution >= 0.6 is 12.4 Å². The summed E-state index contributed by atoms with van der Waals surface area (Å²) in [6.07, 6.45) is 0.888. The van der Waals surface area contributed by atoms with Gasteiger partial charge in [-0.25, -0.2) is 0 Å². The summed E-state index contributed by atoms with van der Waals surface area (Å²) >= 11 is 0. The molecule has 0 bridgehead atoms. The molecule has 0 aromatic carbocycles. The first-order valence-electron chi connectivity index (χ1n) is 3.69. The Morgan fingerprint density at radius 1 is 1.50 bits per heavy atom. The van der Waals surface area contributed by atoms with Crippen LogP contribution in [0.3, 0.4) is 0 Å². The number of H-pyrrole nitrogens is 1. The Balaban J connectivity index is 0.00000121. The highest BCUT2D eigenvalue weighted by Crippen LogP contribution is 2.13. The molecule has 12 heavy (non-hydrogen) atoms. The fraction of sp³-hybridized carbons (Fsp3) is 0.833.